The minimum absolute atomic E-state index is 0.108. The first kappa shape index (κ1) is 16.0. The zero-order chi connectivity index (χ0) is 16.3. The topological polar surface area (TPSA) is 58.2 Å². The third-order valence-corrected chi connectivity index (χ3v) is 5.11. The molecule has 1 saturated heterocycles. The summed E-state index contributed by atoms with van der Waals surface area (Å²) in [5.41, 5.74) is 0.0239. The van der Waals surface area contributed by atoms with E-state index in [1.165, 1.54) is 12.1 Å². The van der Waals surface area contributed by atoms with E-state index in [2.05, 4.69) is 10.6 Å². The lowest BCUT2D eigenvalue weighted by Gasteiger charge is -2.30. The molecule has 23 heavy (non-hydrogen) atoms. The van der Waals surface area contributed by atoms with Gasteiger partial charge in [0.25, 0.3) is 0 Å². The molecule has 1 heterocycles. The van der Waals surface area contributed by atoms with E-state index in [-0.39, 0.29) is 17.6 Å². The van der Waals surface area contributed by atoms with Crippen molar-refractivity contribution in [3.05, 3.63) is 35.6 Å². The average molecular weight is 318 g/mol. The minimum Gasteiger partial charge on any atom is -0.354 e. The van der Waals surface area contributed by atoms with Crippen LogP contribution >= 0.6 is 0 Å². The minimum atomic E-state index is -0.700. The van der Waals surface area contributed by atoms with Crippen LogP contribution in [0.25, 0.3) is 0 Å². The summed E-state index contributed by atoms with van der Waals surface area (Å²) in [5, 5.41) is 5.77. The van der Waals surface area contributed by atoms with Gasteiger partial charge in [-0.15, -0.1) is 0 Å². The summed E-state index contributed by atoms with van der Waals surface area (Å²) in [4.78, 5) is 25.1. The lowest BCUT2D eigenvalue weighted by Crippen LogP contribution is -2.51. The first-order valence-corrected chi connectivity index (χ1v) is 8.46. The number of hydrogen-bond acceptors (Lipinski definition) is 2. The summed E-state index contributed by atoms with van der Waals surface area (Å²) in [7, 11) is 0. The zero-order valence-corrected chi connectivity index (χ0v) is 13.2. The number of carbonyl (C=O) groups is 2. The number of halogens is 1. The molecule has 2 aliphatic rings. The van der Waals surface area contributed by atoms with Crippen LogP contribution in [0.3, 0.4) is 0 Å². The van der Waals surface area contributed by atoms with Crippen LogP contribution in [0.4, 0.5) is 4.39 Å². The van der Waals surface area contributed by atoms with Crippen molar-refractivity contribution in [1.29, 1.82) is 0 Å². The second kappa shape index (κ2) is 6.69. The van der Waals surface area contributed by atoms with Gasteiger partial charge in [-0.25, -0.2) is 4.39 Å². The van der Waals surface area contributed by atoms with Gasteiger partial charge in [0.2, 0.25) is 11.8 Å². The van der Waals surface area contributed by atoms with Gasteiger partial charge in [0.05, 0.1) is 5.41 Å². The van der Waals surface area contributed by atoms with Gasteiger partial charge < -0.3 is 10.6 Å². The number of amides is 2. The van der Waals surface area contributed by atoms with Crippen LogP contribution < -0.4 is 10.6 Å². The van der Waals surface area contributed by atoms with Crippen LogP contribution in [0, 0.1) is 5.82 Å². The lowest BCUT2D eigenvalue weighted by molar-refractivity contribution is -0.132. The van der Waals surface area contributed by atoms with Gasteiger partial charge >= 0.3 is 0 Å². The van der Waals surface area contributed by atoms with Crippen molar-refractivity contribution in [1.82, 2.24) is 10.6 Å². The van der Waals surface area contributed by atoms with E-state index in [1.54, 1.807) is 6.07 Å². The number of carbonyl (C=O) groups excluding carboxylic acids is 2. The Morgan fingerprint density at radius 2 is 2.00 bits per heavy atom. The standard InChI is InChI=1S/C18H23FN2O2/c19-14-7-5-6-13(12-14)18(9-2-3-10-18)17(23)21-15-8-1-4-11-20-16(15)22/h5-7,12,15H,1-4,8-11H2,(H,20,22)(H,21,23). The van der Waals surface area contributed by atoms with Gasteiger partial charge in [0.15, 0.2) is 0 Å². The van der Waals surface area contributed by atoms with Crippen molar-refractivity contribution < 1.29 is 14.0 Å². The molecule has 1 saturated carbocycles. The zero-order valence-electron chi connectivity index (χ0n) is 13.2. The molecule has 0 bridgehead atoms. The van der Waals surface area contributed by atoms with Crippen LogP contribution in [0.5, 0.6) is 0 Å². The van der Waals surface area contributed by atoms with E-state index >= 15 is 0 Å². The highest BCUT2D eigenvalue weighted by atomic mass is 19.1. The highest BCUT2D eigenvalue weighted by molar-refractivity contribution is 5.93. The Bertz CT molecular complexity index is 596. The molecule has 2 fully saturated rings. The fraction of sp³-hybridized carbons (Fsp3) is 0.556. The van der Waals surface area contributed by atoms with Gasteiger partial charge in [-0.1, -0.05) is 25.0 Å². The molecule has 1 aromatic rings. The van der Waals surface area contributed by atoms with Gasteiger partial charge in [-0.05, 0) is 49.8 Å². The highest BCUT2D eigenvalue weighted by Crippen LogP contribution is 2.41. The summed E-state index contributed by atoms with van der Waals surface area (Å²) in [6.07, 6.45) is 5.81. The van der Waals surface area contributed by atoms with Crippen LogP contribution in [0.2, 0.25) is 0 Å². The van der Waals surface area contributed by atoms with E-state index in [0.717, 1.165) is 31.2 Å². The Kier molecular flexibility index (Phi) is 4.64. The van der Waals surface area contributed by atoms with E-state index in [9.17, 15) is 14.0 Å². The largest absolute Gasteiger partial charge is 0.354 e. The molecule has 1 unspecified atom stereocenters. The van der Waals surface area contributed by atoms with Gasteiger partial charge in [0.1, 0.15) is 11.9 Å². The van der Waals surface area contributed by atoms with Crippen molar-refractivity contribution in [2.24, 2.45) is 0 Å². The summed E-state index contributed by atoms with van der Waals surface area (Å²) in [6, 6.07) is 5.84. The molecule has 5 heteroatoms. The number of nitrogens with one attached hydrogen (secondary N) is 2. The average Bonchev–Trinajstić information content (AvgIpc) is 2.96. The summed E-state index contributed by atoms with van der Waals surface area (Å²) < 4.78 is 13.6. The van der Waals surface area contributed by atoms with Crippen LogP contribution in [-0.2, 0) is 15.0 Å². The van der Waals surface area contributed by atoms with Crippen molar-refractivity contribution in [3.8, 4) is 0 Å². The SMILES string of the molecule is O=C1NCCCCC1NC(=O)C1(c2cccc(F)c2)CCCC1. The number of rotatable bonds is 3. The molecule has 1 atom stereocenters. The monoisotopic (exact) mass is 318 g/mol. The van der Waals surface area contributed by atoms with E-state index in [1.807, 2.05) is 6.07 Å². The maximum absolute atomic E-state index is 13.6. The predicted molar refractivity (Wildman–Crippen MR) is 85.3 cm³/mol. The Morgan fingerprint density at radius 3 is 2.74 bits per heavy atom. The van der Waals surface area contributed by atoms with E-state index in [4.69, 9.17) is 0 Å². The first-order valence-electron chi connectivity index (χ1n) is 8.46. The molecule has 1 aromatic carbocycles. The van der Waals surface area contributed by atoms with Crippen LogP contribution in [0.15, 0.2) is 24.3 Å². The van der Waals surface area contributed by atoms with Crippen LogP contribution in [-0.4, -0.2) is 24.4 Å². The van der Waals surface area contributed by atoms with Gasteiger partial charge in [-0.2, -0.15) is 0 Å². The molecule has 2 amide bonds. The first-order chi connectivity index (χ1) is 11.1. The maximum Gasteiger partial charge on any atom is 0.242 e. The quantitative estimate of drug-likeness (QED) is 0.899. The van der Waals surface area contributed by atoms with Gasteiger partial charge in [0, 0.05) is 6.54 Å². The molecule has 0 radical (unpaired) electrons. The third kappa shape index (κ3) is 3.23. The number of hydrogen-bond donors (Lipinski definition) is 2. The molecule has 3 rings (SSSR count). The maximum atomic E-state index is 13.6. The lowest BCUT2D eigenvalue weighted by atomic mass is 9.77. The molecular formula is C18H23FN2O2. The fourth-order valence-corrected chi connectivity index (χ4v) is 3.78. The van der Waals surface area contributed by atoms with Crippen molar-refractivity contribution >= 4 is 11.8 Å². The molecular weight excluding hydrogens is 295 g/mol. The summed E-state index contributed by atoms with van der Waals surface area (Å²) in [6.45, 7) is 0.667. The number of benzene rings is 1. The van der Waals surface area contributed by atoms with Crippen LogP contribution in [0.1, 0.15) is 50.5 Å². The third-order valence-electron chi connectivity index (χ3n) is 5.11. The molecule has 0 aromatic heterocycles. The molecule has 1 aliphatic carbocycles. The fourth-order valence-electron chi connectivity index (χ4n) is 3.78. The van der Waals surface area contributed by atoms with Crippen molar-refractivity contribution in [3.63, 3.8) is 0 Å². The summed E-state index contributed by atoms with van der Waals surface area (Å²) >= 11 is 0. The molecule has 0 spiro atoms. The Morgan fingerprint density at radius 1 is 1.22 bits per heavy atom. The van der Waals surface area contributed by atoms with E-state index < -0.39 is 11.5 Å². The second-order valence-electron chi connectivity index (χ2n) is 6.61. The highest BCUT2D eigenvalue weighted by Gasteiger charge is 2.44. The second-order valence-corrected chi connectivity index (χ2v) is 6.61. The van der Waals surface area contributed by atoms with Crippen molar-refractivity contribution in [2.75, 3.05) is 6.54 Å². The van der Waals surface area contributed by atoms with E-state index in [0.29, 0.717) is 25.8 Å². The molecule has 4 nitrogen and oxygen atoms in total. The van der Waals surface area contributed by atoms with Gasteiger partial charge in [-0.3, -0.25) is 9.59 Å². The smallest absolute Gasteiger partial charge is 0.242 e. The Labute approximate surface area is 135 Å². The van der Waals surface area contributed by atoms with Crippen molar-refractivity contribution in [2.45, 2.75) is 56.4 Å². The molecule has 124 valence electrons. The normalized spacial score (nSPS) is 23.9. The Hall–Kier alpha value is -1.91. The molecule has 2 N–H and O–H groups in total. The molecule has 1 aliphatic heterocycles. The Balaban J connectivity index is 1.83. The predicted octanol–water partition coefficient (Wildman–Crippen LogP) is 2.42. The summed E-state index contributed by atoms with van der Waals surface area (Å²) in [5.74, 6) is -0.570.